The molecule has 3 rings (SSSR count). The maximum Gasteiger partial charge on any atom is 0.277 e. The molecule has 0 fully saturated rings. The quantitative estimate of drug-likeness (QED) is 0.477. The van der Waals surface area contributed by atoms with E-state index in [0.29, 0.717) is 23.9 Å². The van der Waals surface area contributed by atoms with Crippen molar-refractivity contribution in [1.29, 1.82) is 0 Å². The van der Waals surface area contributed by atoms with Crippen LogP contribution in [0.25, 0.3) is 10.9 Å². The van der Waals surface area contributed by atoms with Crippen molar-refractivity contribution in [1.82, 2.24) is 9.71 Å². The van der Waals surface area contributed by atoms with Gasteiger partial charge in [-0.05, 0) is 60.5 Å². The molecule has 2 N–H and O–H groups in total. The Kier molecular flexibility index (Phi) is 5.86. The van der Waals surface area contributed by atoms with E-state index in [0.717, 1.165) is 21.5 Å². The Hall–Kier alpha value is -2.15. The number of methoxy groups -OCH3 is 1. The average molecular weight is 377 g/mol. The third kappa shape index (κ3) is 4.69. The summed E-state index contributed by atoms with van der Waals surface area (Å²) in [6, 6.07) is 14.7. The molecule has 0 spiro atoms. The highest BCUT2D eigenvalue weighted by atomic mass is 35.5. The van der Waals surface area contributed by atoms with E-state index < -0.39 is 0 Å². The Labute approximate surface area is 154 Å². The number of fused-ring (bicyclic) bond motifs is 1. The minimum Gasteiger partial charge on any atom is -0.491 e. The molecule has 0 radical (unpaired) electrons. The largest absolute Gasteiger partial charge is 0.491 e. The predicted molar refractivity (Wildman–Crippen MR) is 100 cm³/mol. The average Bonchev–Trinajstić information content (AvgIpc) is 3.04. The molecule has 0 atom stereocenters. The Bertz CT molecular complexity index is 864. The van der Waals surface area contributed by atoms with Crippen molar-refractivity contribution in [3.63, 3.8) is 0 Å². The smallest absolute Gasteiger partial charge is 0.277 e. The lowest BCUT2D eigenvalue weighted by Gasteiger charge is -2.07. The van der Waals surface area contributed by atoms with Gasteiger partial charge in [0.1, 0.15) is 18.1 Å². The number of H-pyrrole nitrogens is 1. The van der Waals surface area contributed by atoms with Crippen molar-refractivity contribution in [2.75, 3.05) is 20.3 Å². The molecule has 130 valence electrons. The fourth-order valence-electron chi connectivity index (χ4n) is 2.23. The number of aromatic nitrogens is 1. The molecular weight excluding hydrogens is 360 g/mol. The maximum atomic E-state index is 12.3. The molecule has 25 heavy (non-hydrogen) atoms. The van der Waals surface area contributed by atoms with Gasteiger partial charge < -0.3 is 14.5 Å². The van der Waals surface area contributed by atoms with Crippen molar-refractivity contribution in [3.05, 3.63) is 59.2 Å². The summed E-state index contributed by atoms with van der Waals surface area (Å²) in [6.07, 6.45) is 0. The second kappa shape index (κ2) is 8.29. The van der Waals surface area contributed by atoms with Crippen LogP contribution in [0.3, 0.4) is 0 Å². The predicted octanol–water partition coefficient (Wildman–Crippen LogP) is 4.28. The van der Waals surface area contributed by atoms with Crippen LogP contribution >= 0.6 is 23.5 Å². The molecular formula is C18H17ClN2O3S. The maximum absolute atomic E-state index is 12.3. The molecule has 0 aliphatic rings. The second-order valence-corrected chi connectivity index (χ2v) is 6.58. The zero-order valence-corrected chi connectivity index (χ0v) is 15.1. The Morgan fingerprint density at radius 2 is 1.96 bits per heavy atom. The molecule has 5 nitrogen and oxygen atoms in total. The lowest BCUT2D eigenvalue weighted by atomic mass is 10.2. The van der Waals surface area contributed by atoms with E-state index in [1.54, 1.807) is 19.2 Å². The number of hydrogen-bond acceptors (Lipinski definition) is 4. The minimum atomic E-state index is -0.197. The highest BCUT2D eigenvalue weighted by Gasteiger charge is 2.10. The second-order valence-electron chi connectivity index (χ2n) is 5.26. The third-order valence-electron chi connectivity index (χ3n) is 3.47. The highest BCUT2D eigenvalue weighted by molar-refractivity contribution is 7.98. The zero-order chi connectivity index (χ0) is 17.6. The number of aromatic amines is 1. The SMILES string of the molecule is COCCOc1ccc(SNC(=O)c2cc3cc(Cl)ccc3[nH]2)cc1. The number of hydrogen-bond donors (Lipinski definition) is 2. The van der Waals surface area contributed by atoms with Crippen molar-refractivity contribution in [2.45, 2.75) is 4.90 Å². The van der Waals surface area contributed by atoms with Crippen LogP contribution in [0.15, 0.2) is 53.4 Å². The van der Waals surface area contributed by atoms with Crippen LogP contribution in [-0.4, -0.2) is 31.2 Å². The molecule has 3 aromatic rings. The summed E-state index contributed by atoms with van der Waals surface area (Å²) in [6.45, 7) is 1.05. The summed E-state index contributed by atoms with van der Waals surface area (Å²) in [7, 11) is 1.63. The number of halogens is 1. The van der Waals surface area contributed by atoms with Crippen LogP contribution < -0.4 is 9.46 Å². The normalized spacial score (nSPS) is 10.8. The standard InChI is InChI=1S/C18H17ClN2O3S/c1-23-8-9-24-14-3-5-15(6-4-14)25-21-18(22)17-11-12-10-13(19)2-7-16(12)20-17/h2-7,10-11,20H,8-9H2,1H3,(H,21,22). The van der Waals surface area contributed by atoms with Gasteiger partial charge in [-0.1, -0.05) is 11.6 Å². The van der Waals surface area contributed by atoms with Gasteiger partial charge in [-0.25, -0.2) is 0 Å². The van der Waals surface area contributed by atoms with Gasteiger partial charge in [0.25, 0.3) is 5.91 Å². The first kappa shape index (κ1) is 17.7. The van der Waals surface area contributed by atoms with Crippen LogP contribution in [-0.2, 0) is 4.74 Å². The van der Waals surface area contributed by atoms with E-state index in [-0.39, 0.29) is 5.91 Å². The topological polar surface area (TPSA) is 63.4 Å². The monoisotopic (exact) mass is 376 g/mol. The molecule has 0 saturated heterocycles. The molecule has 7 heteroatoms. The van der Waals surface area contributed by atoms with Crippen LogP contribution in [0.4, 0.5) is 0 Å². The highest BCUT2D eigenvalue weighted by Crippen LogP contribution is 2.22. The van der Waals surface area contributed by atoms with Gasteiger partial charge in [0, 0.05) is 27.9 Å². The van der Waals surface area contributed by atoms with Gasteiger partial charge in [0.05, 0.1) is 6.61 Å². The van der Waals surface area contributed by atoms with Crippen molar-refractivity contribution >= 4 is 40.4 Å². The van der Waals surface area contributed by atoms with Gasteiger partial charge in [-0.2, -0.15) is 0 Å². The molecule has 0 aliphatic heterocycles. The van der Waals surface area contributed by atoms with Crippen LogP contribution in [0.1, 0.15) is 10.5 Å². The molecule has 0 aliphatic carbocycles. The lowest BCUT2D eigenvalue weighted by molar-refractivity contribution is 0.0980. The number of carbonyl (C=O) groups excluding carboxylic acids is 1. The number of rotatable bonds is 7. The van der Waals surface area contributed by atoms with E-state index >= 15 is 0 Å². The Balaban J connectivity index is 1.57. The van der Waals surface area contributed by atoms with Crippen LogP contribution in [0.2, 0.25) is 5.02 Å². The number of carbonyl (C=O) groups is 1. The Morgan fingerprint density at radius 1 is 1.16 bits per heavy atom. The molecule has 0 saturated carbocycles. The molecule has 1 aromatic heterocycles. The summed E-state index contributed by atoms with van der Waals surface area (Å²) < 4.78 is 13.3. The van der Waals surface area contributed by atoms with Gasteiger partial charge >= 0.3 is 0 Å². The summed E-state index contributed by atoms with van der Waals surface area (Å²) in [5.41, 5.74) is 1.36. The molecule has 0 unspecified atom stereocenters. The van der Waals surface area contributed by atoms with E-state index in [1.165, 1.54) is 11.9 Å². The van der Waals surface area contributed by atoms with Crippen LogP contribution in [0, 0.1) is 0 Å². The van der Waals surface area contributed by atoms with Crippen molar-refractivity contribution in [2.24, 2.45) is 0 Å². The molecule has 2 aromatic carbocycles. The molecule has 0 bridgehead atoms. The molecule has 1 heterocycles. The number of ether oxygens (including phenoxy) is 2. The third-order valence-corrected chi connectivity index (χ3v) is 4.50. The first-order chi connectivity index (χ1) is 12.2. The fourth-order valence-corrected chi connectivity index (χ4v) is 3.01. The Morgan fingerprint density at radius 3 is 2.72 bits per heavy atom. The number of benzene rings is 2. The van der Waals surface area contributed by atoms with Crippen molar-refractivity contribution < 1.29 is 14.3 Å². The van der Waals surface area contributed by atoms with Gasteiger partial charge in [0.2, 0.25) is 0 Å². The first-order valence-corrected chi connectivity index (χ1v) is 8.82. The van der Waals surface area contributed by atoms with E-state index in [2.05, 4.69) is 9.71 Å². The first-order valence-electron chi connectivity index (χ1n) is 7.63. The van der Waals surface area contributed by atoms with E-state index in [1.807, 2.05) is 36.4 Å². The fraction of sp³-hybridized carbons (Fsp3) is 0.167. The zero-order valence-electron chi connectivity index (χ0n) is 13.5. The van der Waals surface area contributed by atoms with Crippen LogP contribution in [0.5, 0.6) is 5.75 Å². The van der Waals surface area contributed by atoms with Gasteiger partial charge in [-0.3, -0.25) is 9.52 Å². The summed E-state index contributed by atoms with van der Waals surface area (Å²) in [5, 5.41) is 1.54. The summed E-state index contributed by atoms with van der Waals surface area (Å²) in [4.78, 5) is 16.3. The van der Waals surface area contributed by atoms with Gasteiger partial charge in [0.15, 0.2) is 0 Å². The van der Waals surface area contributed by atoms with E-state index in [4.69, 9.17) is 21.1 Å². The van der Waals surface area contributed by atoms with E-state index in [9.17, 15) is 4.79 Å². The molecule has 1 amide bonds. The lowest BCUT2D eigenvalue weighted by Crippen LogP contribution is -2.15. The summed E-state index contributed by atoms with van der Waals surface area (Å²) in [5.74, 6) is 0.568. The number of amides is 1. The summed E-state index contributed by atoms with van der Waals surface area (Å²) >= 11 is 7.21. The van der Waals surface area contributed by atoms with Crippen molar-refractivity contribution in [3.8, 4) is 5.75 Å². The van der Waals surface area contributed by atoms with Gasteiger partial charge in [-0.15, -0.1) is 0 Å². The minimum absolute atomic E-state index is 0.197. The number of nitrogens with one attached hydrogen (secondary N) is 2.